The number of hydrogen-bond acceptors (Lipinski definition) is 2. The summed E-state index contributed by atoms with van der Waals surface area (Å²) in [6, 6.07) is 4.36. The van der Waals surface area contributed by atoms with Gasteiger partial charge >= 0.3 is 0 Å². The van der Waals surface area contributed by atoms with Crippen molar-refractivity contribution in [3.63, 3.8) is 0 Å². The Labute approximate surface area is 112 Å². The van der Waals surface area contributed by atoms with Crippen molar-refractivity contribution in [3.05, 3.63) is 11.6 Å². The Morgan fingerprint density at radius 1 is 0.833 bits per heavy atom. The fourth-order valence-electron chi connectivity index (χ4n) is 1.94. The molecule has 0 aliphatic heterocycles. The summed E-state index contributed by atoms with van der Waals surface area (Å²) in [5, 5.41) is 16.8. The summed E-state index contributed by atoms with van der Waals surface area (Å²) in [5.41, 5.74) is 1.49. The molecule has 0 aliphatic rings. The molecule has 0 aromatic heterocycles. The first-order valence-corrected chi connectivity index (χ1v) is 7.20. The molecule has 0 fully saturated rings. The van der Waals surface area contributed by atoms with Crippen molar-refractivity contribution in [1.82, 2.24) is 0 Å². The molecule has 0 saturated heterocycles. The number of allylic oxidation sites excluding steroid dienone is 2. The highest BCUT2D eigenvalue weighted by molar-refractivity contribution is 4.97. The van der Waals surface area contributed by atoms with Crippen LogP contribution in [0, 0.1) is 22.7 Å². The third-order valence-electron chi connectivity index (χ3n) is 3.10. The zero-order valence-electron chi connectivity index (χ0n) is 11.7. The van der Waals surface area contributed by atoms with Gasteiger partial charge in [-0.3, -0.25) is 0 Å². The predicted molar refractivity (Wildman–Crippen MR) is 75.8 cm³/mol. The Morgan fingerprint density at radius 2 is 1.39 bits per heavy atom. The van der Waals surface area contributed by atoms with Gasteiger partial charge in [-0.2, -0.15) is 10.5 Å². The zero-order chi connectivity index (χ0) is 13.5. The van der Waals surface area contributed by atoms with Crippen LogP contribution in [-0.2, 0) is 0 Å². The van der Waals surface area contributed by atoms with Crippen LogP contribution < -0.4 is 0 Å². The largest absolute Gasteiger partial charge is 0.198 e. The van der Waals surface area contributed by atoms with Gasteiger partial charge < -0.3 is 0 Å². The lowest BCUT2D eigenvalue weighted by atomic mass is 10.0. The Kier molecular flexibility index (Phi) is 12.8. The van der Waals surface area contributed by atoms with Crippen LogP contribution >= 0.6 is 0 Å². The lowest BCUT2D eigenvalue weighted by Crippen LogP contribution is -1.82. The standard InChI is InChI=1S/C16H26N2/c1-16(13-9-5-7-11-15-18)12-8-4-2-3-6-10-14-17/h13H,2-12H2,1H3. The minimum absolute atomic E-state index is 0.690. The van der Waals surface area contributed by atoms with Gasteiger partial charge in [0, 0.05) is 12.8 Å². The quantitative estimate of drug-likeness (QED) is 0.368. The van der Waals surface area contributed by atoms with Crippen LogP contribution in [0.1, 0.15) is 77.6 Å². The van der Waals surface area contributed by atoms with Gasteiger partial charge in [0.1, 0.15) is 0 Å². The van der Waals surface area contributed by atoms with Crippen molar-refractivity contribution >= 4 is 0 Å². The first-order chi connectivity index (χ1) is 8.81. The van der Waals surface area contributed by atoms with Crippen LogP contribution in [0.5, 0.6) is 0 Å². The first-order valence-electron chi connectivity index (χ1n) is 7.20. The van der Waals surface area contributed by atoms with E-state index in [1.165, 1.54) is 37.7 Å². The first kappa shape index (κ1) is 16.7. The van der Waals surface area contributed by atoms with Crippen molar-refractivity contribution < 1.29 is 0 Å². The second-order valence-corrected chi connectivity index (χ2v) is 4.88. The minimum atomic E-state index is 0.690. The molecule has 0 rings (SSSR count). The highest BCUT2D eigenvalue weighted by Gasteiger charge is 1.93. The van der Waals surface area contributed by atoms with Crippen molar-refractivity contribution in [2.45, 2.75) is 77.6 Å². The summed E-state index contributed by atoms with van der Waals surface area (Å²) in [6.45, 7) is 2.21. The van der Waals surface area contributed by atoms with Gasteiger partial charge in [-0.1, -0.05) is 30.9 Å². The van der Waals surface area contributed by atoms with E-state index in [1.54, 1.807) is 0 Å². The fraction of sp³-hybridized carbons (Fsp3) is 0.750. The van der Waals surface area contributed by atoms with E-state index in [0.29, 0.717) is 12.8 Å². The second-order valence-electron chi connectivity index (χ2n) is 4.88. The van der Waals surface area contributed by atoms with E-state index in [2.05, 4.69) is 25.1 Å². The molecule has 18 heavy (non-hydrogen) atoms. The summed E-state index contributed by atoms with van der Waals surface area (Å²) >= 11 is 0. The number of nitriles is 2. The molecule has 0 amide bonds. The molecule has 0 spiro atoms. The summed E-state index contributed by atoms with van der Waals surface area (Å²) in [6.07, 6.45) is 14.3. The number of unbranched alkanes of at least 4 members (excludes halogenated alkanes) is 8. The summed E-state index contributed by atoms with van der Waals surface area (Å²) in [7, 11) is 0. The van der Waals surface area contributed by atoms with E-state index in [9.17, 15) is 0 Å². The smallest absolute Gasteiger partial charge is 0.0621 e. The average Bonchev–Trinajstić information content (AvgIpc) is 2.37. The van der Waals surface area contributed by atoms with Crippen molar-refractivity contribution in [3.8, 4) is 12.1 Å². The molecular weight excluding hydrogens is 220 g/mol. The van der Waals surface area contributed by atoms with Crippen LogP contribution in [0.2, 0.25) is 0 Å². The monoisotopic (exact) mass is 246 g/mol. The van der Waals surface area contributed by atoms with Crippen LogP contribution in [0.3, 0.4) is 0 Å². The van der Waals surface area contributed by atoms with Gasteiger partial charge in [-0.15, -0.1) is 0 Å². The number of hydrogen-bond donors (Lipinski definition) is 0. The van der Waals surface area contributed by atoms with Gasteiger partial charge in [-0.05, 0) is 45.4 Å². The minimum Gasteiger partial charge on any atom is -0.198 e. The Morgan fingerprint density at radius 3 is 2.06 bits per heavy atom. The van der Waals surface area contributed by atoms with Crippen LogP contribution in [0.4, 0.5) is 0 Å². The molecule has 0 aliphatic carbocycles. The molecule has 0 bridgehead atoms. The maximum atomic E-state index is 8.41. The molecule has 0 N–H and O–H groups in total. The van der Waals surface area contributed by atoms with Crippen LogP contribution in [0.15, 0.2) is 11.6 Å². The zero-order valence-corrected chi connectivity index (χ0v) is 11.7. The highest BCUT2D eigenvalue weighted by Crippen LogP contribution is 2.12. The average molecular weight is 246 g/mol. The third-order valence-corrected chi connectivity index (χ3v) is 3.10. The maximum absolute atomic E-state index is 8.41. The molecule has 0 atom stereocenters. The van der Waals surface area contributed by atoms with E-state index < -0.39 is 0 Å². The number of nitrogens with zero attached hydrogens (tertiary/aromatic N) is 2. The van der Waals surface area contributed by atoms with Crippen molar-refractivity contribution in [1.29, 1.82) is 10.5 Å². The number of rotatable bonds is 11. The van der Waals surface area contributed by atoms with E-state index in [0.717, 1.165) is 25.7 Å². The van der Waals surface area contributed by atoms with Gasteiger partial charge in [-0.25, -0.2) is 0 Å². The van der Waals surface area contributed by atoms with Gasteiger partial charge in [0.2, 0.25) is 0 Å². The molecule has 0 aromatic rings. The predicted octanol–water partition coefficient (Wildman–Crippen LogP) is 5.27. The lowest BCUT2D eigenvalue weighted by Gasteiger charge is -2.02. The van der Waals surface area contributed by atoms with E-state index >= 15 is 0 Å². The molecular formula is C16H26N2. The third kappa shape index (κ3) is 12.8. The van der Waals surface area contributed by atoms with Gasteiger partial charge in [0.15, 0.2) is 0 Å². The molecule has 0 unspecified atom stereocenters. The molecule has 0 saturated carbocycles. The maximum Gasteiger partial charge on any atom is 0.0621 e. The molecule has 2 heteroatoms. The molecule has 0 aromatic carbocycles. The molecule has 2 nitrogen and oxygen atoms in total. The van der Waals surface area contributed by atoms with Crippen LogP contribution in [-0.4, -0.2) is 0 Å². The Hall–Kier alpha value is -1.28. The lowest BCUT2D eigenvalue weighted by molar-refractivity contribution is 0.617. The van der Waals surface area contributed by atoms with E-state index in [4.69, 9.17) is 10.5 Å². The van der Waals surface area contributed by atoms with Gasteiger partial charge in [0.25, 0.3) is 0 Å². The molecule has 0 radical (unpaired) electrons. The summed E-state index contributed by atoms with van der Waals surface area (Å²) < 4.78 is 0. The van der Waals surface area contributed by atoms with Crippen molar-refractivity contribution in [2.24, 2.45) is 0 Å². The van der Waals surface area contributed by atoms with E-state index in [-0.39, 0.29) is 0 Å². The van der Waals surface area contributed by atoms with E-state index in [1.807, 2.05) is 0 Å². The molecule has 0 heterocycles. The normalized spacial score (nSPS) is 10.9. The van der Waals surface area contributed by atoms with Crippen molar-refractivity contribution in [2.75, 3.05) is 0 Å². The summed E-state index contributed by atoms with van der Waals surface area (Å²) in [5.74, 6) is 0. The van der Waals surface area contributed by atoms with Crippen LogP contribution in [0.25, 0.3) is 0 Å². The fourth-order valence-corrected chi connectivity index (χ4v) is 1.94. The van der Waals surface area contributed by atoms with Gasteiger partial charge in [0.05, 0.1) is 12.1 Å². The Bertz CT molecular complexity index is 291. The summed E-state index contributed by atoms with van der Waals surface area (Å²) in [4.78, 5) is 0. The second kappa shape index (κ2) is 13.8. The highest BCUT2D eigenvalue weighted by atomic mass is 14.2. The Balaban J connectivity index is 3.30. The topological polar surface area (TPSA) is 47.6 Å². The molecule has 100 valence electrons. The SMILES string of the molecule is CC(=CCCCCC#N)CCCCCCCC#N.